The minimum Gasteiger partial charge on any atom is -0.395 e. The highest BCUT2D eigenvalue weighted by Crippen LogP contribution is 2.22. The summed E-state index contributed by atoms with van der Waals surface area (Å²) in [6.45, 7) is 3.58. The van der Waals surface area contributed by atoms with E-state index in [4.69, 9.17) is 0 Å². The van der Waals surface area contributed by atoms with Crippen LogP contribution in [0.3, 0.4) is 0 Å². The van der Waals surface area contributed by atoms with E-state index in [1.54, 1.807) is 0 Å². The van der Waals surface area contributed by atoms with Crippen LogP contribution in [-0.2, 0) is 0 Å². The predicted molar refractivity (Wildman–Crippen MR) is 84.3 cm³/mol. The lowest BCUT2D eigenvalue weighted by Gasteiger charge is -2.34. The lowest BCUT2D eigenvalue weighted by atomic mass is 9.89. The van der Waals surface area contributed by atoms with Crippen molar-refractivity contribution in [2.75, 3.05) is 32.8 Å². The van der Waals surface area contributed by atoms with Gasteiger partial charge in [-0.1, -0.05) is 25.7 Å². The van der Waals surface area contributed by atoms with Gasteiger partial charge in [0.2, 0.25) is 0 Å². The number of likely N-dealkylation sites (tertiary alicyclic amines) is 1. The van der Waals surface area contributed by atoms with Crippen LogP contribution in [0.4, 0.5) is 4.79 Å². The van der Waals surface area contributed by atoms with Gasteiger partial charge in [-0.2, -0.15) is 0 Å². The molecule has 0 aromatic rings. The van der Waals surface area contributed by atoms with Crippen molar-refractivity contribution in [1.29, 1.82) is 0 Å². The quantitative estimate of drug-likeness (QED) is 0.699. The number of hydrogen-bond acceptors (Lipinski definition) is 3. The largest absolute Gasteiger partial charge is 0.395 e. The Bertz CT molecular complexity index is 306. The van der Waals surface area contributed by atoms with Gasteiger partial charge in [-0.25, -0.2) is 4.79 Å². The molecule has 1 unspecified atom stereocenters. The molecule has 0 bridgehead atoms. The van der Waals surface area contributed by atoms with E-state index in [1.165, 1.54) is 44.9 Å². The number of aliphatic hydroxyl groups excluding tert-OH is 1. The lowest BCUT2D eigenvalue weighted by Crippen LogP contribution is -2.47. The minimum atomic E-state index is -0.0434. The van der Waals surface area contributed by atoms with Crippen molar-refractivity contribution in [3.8, 4) is 0 Å². The number of carbonyl (C=O) groups excluding carboxylic acids is 1. The molecule has 2 rings (SSSR count). The van der Waals surface area contributed by atoms with Crippen molar-refractivity contribution in [3.05, 3.63) is 0 Å². The van der Waals surface area contributed by atoms with Crippen LogP contribution in [0.25, 0.3) is 0 Å². The van der Waals surface area contributed by atoms with Gasteiger partial charge in [-0.15, -0.1) is 0 Å². The SMILES string of the molecule is O=C(NCCN1CCCCC1CO)NCC1CCCCC1. The molecule has 2 fully saturated rings. The van der Waals surface area contributed by atoms with Crippen LogP contribution in [-0.4, -0.2) is 54.9 Å². The van der Waals surface area contributed by atoms with Gasteiger partial charge in [-0.05, 0) is 38.1 Å². The van der Waals surface area contributed by atoms with Crippen LogP contribution >= 0.6 is 0 Å². The number of rotatable bonds is 6. The zero-order valence-electron chi connectivity index (χ0n) is 13.1. The Balaban J connectivity index is 1.55. The Morgan fingerprint density at radius 2 is 1.81 bits per heavy atom. The monoisotopic (exact) mass is 297 g/mol. The molecule has 1 heterocycles. The molecule has 1 aliphatic carbocycles. The number of carbonyl (C=O) groups is 1. The summed E-state index contributed by atoms with van der Waals surface area (Å²) in [6.07, 6.45) is 9.96. The normalized spacial score (nSPS) is 24.7. The first-order valence-electron chi connectivity index (χ1n) is 8.66. The van der Waals surface area contributed by atoms with E-state index in [1.807, 2.05) is 0 Å². The zero-order chi connectivity index (χ0) is 14.9. The van der Waals surface area contributed by atoms with Gasteiger partial charge < -0.3 is 15.7 Å². The molecular weight excluding hydrogens is 266 g/mol. The van der Waals surface area contributed by atoms with Gasteiger partial charge in [0, 0.05) is 25.7 Å². The summed E-state index contributed by atoms with van der Waals surface area (Å²) in [5.74, 6) is 0.672. The van der Waals surface area contributed by atoms with E-state index >= 15 is 0 Å². The third kappa shape index (κ3) is 5.83. The van der Waals surface area contributed by atoms with Gasteiger partial charge in [0.1, 0.15) is 0 Å². The fourth-order valence-corrected chi connectivity index (χ4v) is 3.56. The topological polar surface area (TPSA) is 64.6 Å². The van der Waals surface area contributed by atoms with E-state index in [-0.39, 0.29) is 18.7 Å². The maximum atomic E-state index is 11.8. The summed E-state index contributed by atoms with van der Waals surface area (Å²) in [5.41, 5.74) is 0. The molecule has 0 aromatic carbocycles. The average Bonchev–Trinajstić information content (AvgIpc) is 2.54. The highest BCUT2D eigenvalue weighted by atomic mass is 16.3. The Labute approximate surface area is 128 Å². The second-order valence-corrected chi connectivity index (χ2v) is 6.51. The molecule has 21 heavy (non-hydrogen) atoms. The standard InChI is InChI=1S/C16H31N3O2/c20-13-15-8-4-5-10-19(15)11-9-17-16(21)18-12-14-6-2-1-3-7-14/h14-15,20H,1-13H2,(H2,17,18,21). The first kappa shape index (κ1) is 16.6. The third-order valence-electron chi connectivity index (χ3n) is 4.92. The van der Waals surface area contributed by atoms with Crippen LogP contribution < -0.4 is 10.6 Å². The molecular formula is C16H31N3O2. The molecule has 1 saturated carbocycles. The first-order chi connectivity index (χ1) is 10.3. The molecule has 2 amide bonds. The molecule has 5 nitrogen and oxygen atoms in total. The van der Waals surface area contributed by atoms with Crippen molar-refractivity contribution >= 4 is 6.03 Å². The molecule has 2 aliphatic rings. The summed E-state index contributed by atoms with van der Waals surface area (Å²) in [7, 11) is 0. The predicted octanol–water partition coefficient (Wildman–Crippen LogP) is 1.71. The van der Waals surface area contributed by atoms with Crippen molar-refractivity contribution in [2.45, 2.75) is 57.4 Å². The van der Waals surface area contributed by atoms with E-state index in [9.17, 15) is 9.90 Å². The van der Waals surface area contributed by atoms with Crippen LogP contribution in [0.1, 0.15) is 51.4 Å². The number of amides is 2. The van der Waals surface area contributed by atoms with Crippen LogP contribution in [0.15, 0.2) is 0 Å². The highest BCUT2D eigenvalue weighted by Gasteiger charge is 2.21. The van der Waals surface area contributed by atoms with Crippen molar-refractivity contribution in [1.82, 2.24) is 15.5 Å². The maximum Gasteiger partial charge on any atom is 0.314 e. The molecule has 1 atom stereocenters. The number of nitrogens with one attached hydrogen (secondary N) is 2. The minimum absolute atomic E-state index is 0.0434. The second kappa shape index (κ2) is 9.26. The number of nitrogens with zero attached hydrogens (tertiary/aromatic N) is 1. The fraction of sp³-hybridized carbons (Fsp3) is 0.938. The number of aliphatic hydroxyl groups is 1. The van der Waals surface area contributed by atoms with Gasteiger partial charge >= 0.3 is 6.03 Å². The summed E-state index contributed by atoms with van der Waals surface area (Å²) >= 11 is 0. The molecule has 0 radical (unpaired) electrons. The van der Waals surface area contributed by atoms with E-state index in [0.29, 0.717) is 12.5 Å². The Morgan fingerprint density at radius 3 is 2.57 bits per heavy atom. The van der Waals surface area contributed by atoms with Crippen molar-refractivity contribution < 1.29 is 9.90 Å². The number of hydrogen-bond donors (Lipinski definition) is 3. The maximum absolute atomic E-state index is 11.8. The highest BCUT2D eigenvalue weighted by molar-refractivity contribution is 5.73. The fourth-order valence-electron chi connectivity index (χ4n) is 3.56. The first-order valence-corrected chi connectivity index (χ1v) is 8.66. The third-order valence-corrected chi connectivity index (χ3v) is 4.92. The number of piperidine rings is 1. The number of urea groups is 1. The summed E-state index contributed by atoms with van der Waals surface area (Å²) < 4.78 is 0. The summed E-state index contributed by atoms with van der Waals surface area (Å²) in [6, 6.07) is 0.240. The van der Waals surface area contributed by atoms with Gasteiger partial charge in [0.05, 0.1) is 6.61 Å². The van der Waals surface area contributed by atoms with Crippen LogP contribution in [0, 0.1) is 5.92 Å². The molecule has 122 valence electrons. The summed E-state index contributed by atoms with van der Waals surface area (Å²) in [5, 5.41) is 15.3. The van der Waals surface area contributed by atoms with Crippen molar-refractivity contribution in [3.63, 3.8) is 0 Å². The van der Waals surface area contributed by atoms with E-state index in [0.717, 1.165) is 26.1 Å². The Hall–Kier alpha value is -0.810. The van der Waals surface area contributed by atoms with Gasteiger partial charge in [0.25, 0.3) is 0 Å². The second-order valence-electron chi connectivity index (χ2n) is 6.51. The van der Waals surface area contributed by atoms with Crippen LogP contribution in [0.5, 0.6) is 0 Å². The molecule has 0 aromatic heterocycles. The van der Waals surface area contributed by atoms with Gasteiger partial charge in [0.15, 0.2) is 0 Å². The molecule has 1 saturated heterocycles. The Kier molecular flexibility index (Phi) is 7.30. The smallest absolute Gasteiger partial charge is 0.314 e. The van der Waals surface area contributed by atoms with Gasteiger partial charge in [-0.3, -0.25) is 4.90 Å². The molecule has 1 aliphatic heterocycles. The lowest BCUT2D eigenvalue weighted by molar-refractivity contribution is 0.0915. The summed E-state index contributed by atoms with van der Waals surface area (Å²) in [4.78, 5) is 14.1. The molecule has 5 heteroatoms. The van der Waals surface area contributed by atoms with Crippen molar-refractivity contribution in [2.24, 2.45) is 5.92 Å². The zero-order valence-corrected chi connectivity index (χ0v) is 13.1. The van der Waals surface area contributed by atoms with Crippen LogP contribution in [0.2, 0.25) is 0 Å². The van der Waals surface area contributed by atoms with E-state index < -0.39 is 0 Å². The average molecular weight is 297 g/mol. The molecule has 0 spiro atoms. The Morgan fingerprint density at radius 1 is 1.05 bits per heavy atom. The molecule has 3 N–H and O–H groups in total. The van der Waals surface area contributed by atoms with E-state index in [2.05, 4.69) is 15.5 Å².